The summed E-state index contributed by atoms with van der Waals surface area (Å²) in [7, 11) is 0. The monoisotopic (exact) mass is 507 g/mol. The minimum absolute atomic E-state index is 0.342. The molecule has 0 atom stereocenters. The lowest BCUT2D eigenvalue weighted by molar-refractivity contribution is 0.102. The predicted octanol–water partition coefficient (Wildman–Crippen LogP) is 7.29. The van der Waals surface area contributed by atoms with Crippen LogP contribution in [-0.2, 0) is 6.61 Å². The van der Waals surface area contributed by atoms with Crippen LogP contribution in [0.25, 0.3) is 0 Å². The van der Waals surface area contributed by atoms with Gasteiger partial charge >= 0.3 is 0 Å². The summed E-state index contributed by atoms with van der Waals surface area (Å²) in [6, 6.07) is 16.3. The van der Waals surface area contributed by atoms with Crippen molar-refractivity contribution in [3.63, 3.8) is 0 Å². The molecule has 3 aromatic rings. The van der Waals surface area contributed by atoms with E-state index in [0.29, 0.717) is 50.5 Å². The zero-order valence-electron chi connectivity index (χ0n) is 16.5. The van der Waals surface area contributed by atoms with Crippen molar-refractivity contribution in [2.75, 3.05) is 11.9 Å². The highest BCUT2D eigenvalue weighted by atomic mass is 79.9. The van der Waals surface area contributed by atoms with E-state index in [-0.39, 0.29) is 5.91 Å². The molecule has 0 bridgehead atoms. The Hall–Kier alpha value is -2.21. The molecule has 0 aliphatic carbocycles. The first kappa shape index (κ1) is 22.5. The summed E-state index contributed by atoms with van der Waals surface area (Å²) in [5.41, 5.74) is 3.05. The van der Waals surface area contributed by atoms with Crippen LogP contribution in [0.5, 0.6) is 11.5 Å². The molecule has 1 N–H and O–H groups in total. The number of carbonyl (C=O) groups excluding carboxylic acids is 1. The molecule has 0 saturated carbocycles. The summed E-state index contributed by atoms with van der Waals surface area (Å²) >= 11 is 15.6. The van der Waals surface area contributed by atoms with Crippen molar-refractivity contribution >= 4 is 50.7 Å². The van der Waals surface area contributed by atoms with Crippen molar-refractivity contribution in [1.29, 1.82) is 0 Å². The number of hydrogen-bond acceptors (Lipinski definition) is 3. The van der Waals surface area contributed by atoms with E-state index in [1.807, 2.05) is 38.1 Å². The molecule has 0 aliphatic rings. The van der Waals surface area contributed by atoms with Crippen molar-refractivity contribution in [3.8, 4) is 11.5 Å². The van der Waals surface area contributed by atoms with E-state index in [4.69, 9.17) is 32.7 Å². The quantitative estimate of drug-likeness (QED) is 0.364. The lowest BCUT2D eigenvalue weighted by Crippen LogP contribution is -2.13. The molecular formula is C23H20BrCl2NO3. The fourth-order valence-electron chi connectivity index (χ4n) is 2.73. The van der Waals surface area contributed by atoms with Crippen LogP contribution in [0.3, 0.4) is 0 Å². The Morgan fingerprint density at radius 1 is 1.03 bits per heavy atom. The summed E-state index contributed by atoms with van der Waals surface area (Å²) in [4.78, 5) is 12.8. The molecule has 0 fully saturated rings. The standard InChI is InChI=1S/C23H20BrCl2NO3/c1-3-29-21-11-16(23(28)27-20-12-17(25)8-9-19(20)26)10-18(24)22(21)30-13-15-6-4-14(2)5-7-15/h4-12H,3,13H2,1-2H3,(H,27,28). The maximum atomic E-state index is 12.8. The van der Waals surface area contributed by atoms with Gasteiger partial charge in [-0.25, -0.2) is 0 Å². The van der Waals surface area contributed by atoms with Gasteiger partial charge in [0.1, 0.15) is 6.61 Å². The van der Waals surface area contributed by atoms with E-state index in [2.05, 4.69) is 21.2 Å². The van der Waals surface area contributed by atoms with E-state index in [9.17, 15) is 4.79 Å². The molecule has 4 nitrogen and oxygen atoms in total. The van der Waals surface area contributed by atoms with Crippen LogP contribution >= 0.6 is 39.1 Å². The van der Waals surface area contributed by atoms with Crippen molar-refractivity contribution < 1.29 is 14.3 Å². The topological polar surface area (TPSA) is 47.6 Å². The van der Waals surface area contributed by atoms with E-state index in [0.717, 1.165) is 5.56 Å². The van der Waals surface area contributed by atoms with E-state index < -0.39 is 0 Å². The Morgan fingerprint density at radius 3 is 2.47 bits per heavy atom. The molecule has 1 amide bonds. The zero-order chi connectivity index (χ0) is 21.7. The van der Waals surface area contributed by atoms with Gasteiger partial charge in [0.15, 0.2) is 11.5 Å². The van der Waals surface area contributed by atoms with Crippen molar-refractivity contribution in [2.24, 2.45) is 0 Å². The van der Waals surface area contributed by atoms with Gasteiger partial charge in [0, 0.05) is 10.6 Å². The second-order valence-electron chi connectivity index (χ2n) is 6.57. The SMILES string of the molecule is CCOc1cc(C(=O)Nc2cc(Cl)ccc2Cl)cc(Br)c1OCc1ccc(C)cc1. The van der Waals surface area contributed by atoms with Gasteiger partial charge < -0.3 is 14.8 Å². The maximum Gasteiger partial charge on any atom is 0.255 e. The molecule has 3 aromatic carbocycles. The number of ether oxygens (including phenoxy) is 2. The fourth-order valence-corrected chi connectivity index (χ4v) is 3.62. The Morgan fingerprint density at radius 2 is 1.77 bits per heavy atom. The predicted molar refractivity (Wildman–Crippen MR) is 125 cm³/mol. The number of amides is 1. The Kier molecular flexibility index (Phi) is 7.64. The average molecular weight is 509 g/mol. The van der Waals surface area contributed by atoms with Crippen molar-refractivity contribution in [3.05, 3.63) is 85.8 Å². The van der Waals surface area contributed by atoms with Gasteiger partial charge in [0.05, 0.1) is 21.8 Å². The van der Waals surface area contributed by atoms with Gasteiger partial charge in [-0.1, -0.05) is 53.0 Å². The molecule has 0 heterocycles. The molecule has 7 heteroatoms. The molecule has 0 spiro atoms. The number of benzene rings is 3. The van der Waals surface area contributed by atoms with Gasteiger partial charge in [-0.3, -0.25) is 4.79 Å². The number of carbonyl (C=O) groups is 1. The highest BCUT2D eigenvalue weighted by Crippen LogP contribution is 2.38. The van der Waals surface area contributed by atoms with Gasteiger partial charge in [-0.05, 0) is 65.7 Å². The molecule has 3 rings (SSSR count). The summed E-state index contributed by atoms with van der Waals surface area (Å²) in [5, 5.41) is 3.65. The average Bonchev–Trinajstić information content (AvgIpc) is 2.71. The van der Waals surface area contributed by atoms with Crippen LogP contribution in [0.4, 0.5) is 5.69 Å². The van der Waals surface area contributed by atoms with Crippen LogP contribution in [0.15, 0.2) is 59.1 Å². The van der Waals surface area contributed by atoms with Crippen LogP contribution in [-0.4, -0.2) is 12.5 Å². The molecule has 0 radical (unpaired) electrons. The second kappa shape index (κ2) is 10.2. The highest BCUT2D eigenvalue weighted by Gasteiger charge is 2.17. The van der Waals surface area contributed by atoms with Gasteiger partial charge in [-0.15, -0.1) is 0 Å². The van der Waals surface area contributed by atoms with Crippen LogP contribution in [0.2, 0.25) is 10.0 Å². The zero-order valence-corrected chi connectivity index (χ0v) is 19.6. The lowest BCUT2D eigenvalue weighted by Gasteiger charge is -2.16. The van der Waals surface area contributed by atoms with Gasteiger partial charge in [0.25, 0.3) is 5.91 Å². The fraction of sp³-hybridized carbons (Fsp3) is 0.174. The molecule has 156 valence electrons. The van der Waals surface area contributed by atoms with E-state index in [1.54, 1.807) is 30.3 Å². The first-order chi connectivity index (χ1) is 14.4. The molecule has 30 heavy (non-hydrogen) atoms. The van der Waals surface area contributed by atoms with E-state index >= 15 is 0 Å². The van der Waals surface area contributed by atoms with Crippen LogP contribution in [0.1, 0.15) is 28.4 Å². The molecule has 0 saturated heterocycles. The summed E-state index contributed by atoms with van der Waals surface area (Å²) in [5.74, 6) is 0.669. The number of aryl methyl sites for hydroxylation is 1. The Bertz CT molecular complexity index is 1060. The lowest BCUT2D eigenvalue weighted by atomic mass is 10.1. The molecule has 0 unspecified atom stereocenters. The molecule has 0 aromatic heterocycles. The summed E-state index contributed by atoms with van der Waals surface area (Å²) < 4.78 is 12.3. The van der Waals surface area contributed by atoms with Gasteiger partial charge in [0.2, 0.25) is 0 Å². The van der Waals surface area contributed by atoms with Crippen molar-refractivity contribution in [2.45, 2.75) is 20.5 Å². The minimum atomic E-state index is -0.342. The maximum absolute atomic E-state index is 12.8. The minimum Gasteiger partial charge on any atom is -0.490 e. The number of rotatable bonds is 7. The summed E-state index contributed by atoms with van der Waals surface area (Å²) in [6.07, 6.45) is 0. The normalized spacial score (nSPS) is 10.6. The van der Waals surface area contributed by atoms with Crippen LogP contribution < -0.4 is 14.8 Å². The van der Waals surface area contributed by atoms with Crippen LogP contribution in [0, 0.1) is 6.92 Å². The van der Waals surface area contributed by atoms with Crippen molar-refractivity contribution in [1.82, 2.24) is 0 Å². The van der Waals surface area contributed by atoms with Gasteiger partial charge in [-0.2, -0.15) is 0 Å². The van der Waals surface area contributed by atoms with E-state index in [1.165, 1.54) is 5.56 Å². The Balaban J connectivity index is 1.83. The second-order valence-corrected chi connectivity index (χ2v) is 8.27. The first-order valence-corrected chi connectivity index (χ1v) is 10.8. The number of anilines is 1. The number of nitrogens with one attached hydrogen (secondary N) is 1. The molecular weight excluding hydrogens is 489 g/mol. The molecule has 0 aliphatic heterocycles. The largest absolute Gasteiger partial charge is 0.490 e. The first-order valence-electron chi connectivity index (χ1n) is 9.28. The Labute approximate surface area is 194 Å². The summed E-state index contributed by atoms with van der Waals surface area (Å²) in [6.45, 7) is 4.71. The third-order valence-corrected chi connectivity index (χ3v) is 5.41. The third-order valence-electron chi connectivity index (χ3n) is 4.25. The third kappa shape index (κ3) is 5.69. The number of hydrogen-bond donors (Lipinski definition) is 1. The highest BCUT2D eigenvalue weighted by molar-refractivity contribution is 9.10. The smallest absolute Gasteiger partial charge is 0.255 e. The number of halogens is 3.